The highest BCUT2D eigenvalue weighted by atomic mass is 16.2. The first-order valence-corrected chi connectivity index (χ1v) is 6.52. The number of aryl methyl sites for hydroxylation is 1. The van der Waals surface area contributed by atoms with Gasteiger partial charge in [0.2, 0.25) is 5.91 Å². The zero-order valence-corrected chi connectivity index (χ0v) is 12.1. The van der Waals surface area contributed by atoms with E-state index in [0.717, 1.165) is 0 Å². The summed E-state index contributed by atoms with van der Waals surface area (Å²) in [6.45, 7) is 7.28. The van der Waals surface area contributed by atoms with E-state index in [1.54, 1.807) is 25.7 Å². The Morgan fingerprint density at radius 3 is 2.60 bits per heavy atom. The van der Waals surface area contributed by atoms with Gasteiger partial charge in [0.25, 0.3) is 5.91 Å². The highest BCUT2D eigenvalue weighted by molar-refractivity contribution is 6.06. The molecule has 0 spiro atoms. The molecule has 3 N–H and O–H groups in total. The van der Waals surface area contributed by atoms with E-state index < -0.39 is 5.54 Å². The van der Waals surface area contributed by atoms with Crippen LogP contribution in [0.4, 0.5) is 11.6 Å². The average molecular weight is 277 g/mol. The van der Waals surface area contributed by atoms with Crippen LogP contribution in [-0.4, -0.2) is 33.9 Å². The predicted octanol–water partition coefficient (Wildman–Crippen LogP) is 0.171. The SMILES string of the molecule is CCc1nc(N)c(C)c(N2CC(=O)NC(=O)C2(C)C)n1. The lowest BCUT2D eigenvalue weighted by atomic mass is 9.98. The highest BCUT2D eigenvalue weighted by Crippen LogP contribution is 2.29. The number of carbonyl (C=O) groups is 2. The molecule has 0 bridgehead atoms. The van der Waals surface area contributed by atoms with Crippen molar-refractivity contribution in [2.75, 3.05) is 17.2 Å². The number of rotatable bonds is 2. The van der Waals surface area contributed by atoms with Gasteiger partial charge < -0.3 is 10.6 Å². The third kappa shape index (κ3) is 2.19. The van der Waals surface area contributed by atoms with Gasteiger partial charge in [-0.2, -0.15) is 0 Å². The summed E-state index contributed by atoms with van der Waals surface area (Å²) < 4.78 is 0. The quantitative estimate of drug-likeness (QED) is 0.747. The number of nitrogens with two attached hydrogens (primary N) is 1. The van der Waals surface area contributed by atoms with Crippen LogP contribution in [0.15, 0.2) is 0 Å². The zero-order valence-electron chi connectivity index (χ0n) is 12.1. The molecule has 0 radical (unpaired) electrons. The molecule has 1 aromatic rings. The van der Waals surface area contributed by atoms with Crippen LogP contribution in [0.3, 0.4) is 0 Å². The van der Waals surface area contributed by atoms with E-state index in [1.807, 2.05) is 6.92 Å². The van der Waals surface area contributed by atoms with Crippen molar-refractivity contribution < 1.29 is 9.59 Å². The first kappa shape index (κ1) is 14.2. The fraction of sp³-hybridized carbons (Fsp3) is 0.538. The molecule has 1 fully saturated rings. The first-order valence-electron chi connectivity index (χ1n) is 6.52. The molecule has 7 heteroatoms. The van der Waals surface area contributed by atoms with Crippen LogP contribution < -0.4 is 16.0 Å². The minimum absolute atomic E-state index is 0.0686. The summed E-state index contributed by atoms with van der Waals surface area (Å²) in [7, 11) is 0. The Balaban J connectivity index is 2.56. The Morgan fingerprint density at radius 2 is 2.00 bits per heavy atom. The summed E-state index contributed by atoms with van der Waals surface area (Å²) in [5, 5.41) is 2.34. The standard InChI is InChI=1S/C13H19N5O2/c1-5-8-15-10(14)7(2)11(16-8)18-6-9(19)17-12(20)13(18,3)4/h5-6H2,1-4H3,(H2,14,15,16)(H,17,19,20). The summed E-state index contributed by atoms with van der Waals surface area (Å²) >= 11 is 0. The number of amides is 2. The second kappa shape index (κ2) is 4.73. The Kier molecular flexibility index (Phi) is 3.37. The zero-order chi connectivity index (χ0) is 15.1. The van der Waals surface area contributed by atoms with Gasteiger partial charge in [0.05, 0.1) is 6.54 Å². The van der Waals surface area contributed by atoms with E-state index in [4.69, 9.17) is 5.73 Å². The molecule has 0 aromatic carbocycles. The number of hydrogen-bond acceptors (Lipinski definition) is 6. The molecule has 0 atom stereocenters. The molecule has 20 heavy (non-hydrogen) atoms. The maximum absolute atomic E-state index is 12.0. The van der Waals surface area contributed by atoms with Crippen molar-refractivity contribution in [2.45, 2.75) is 39.7 Å². The van der Waals surface area contributed by atoms with E-state index in [0.29, 0.717) is 29.4 Å². The lowest BCUT2D eigenvalue weighted by Gasteiger charge is -2.41. The molecular weight excluding hydrogens is 258 g/mol. The second-order valence-electron chi connectivity index (χ2n) is 5.35. The Hall–Kier alpha value is -2.18. The monoisotopic (exact) mass is 277 g/mol. The minimum Gasteiger partial charge on any atom is -0.383 e. The van der Waals surface area contributed by atoms with Crippen molar-refractivity contribution in [1.29, 1.82) is 0 Å². The van der Waals surface area contributed by atoms with Gasteiger partial charge in [-0.25, -0.2) is 9.97 Å². The summed E-state index contributed by atoms with van der Waals surface area (Å²) in [4.78, 5) is 34.0. The molecule has 2 rings (SSSR count). The normalized spacial score (nSPS) is 18.1. The predicted molar refractivity (Wildman–Crippen MR) is 75.1 cm³/mol. The molecule has 1 saturated heterocycles. The lowest BCUT2D eigenvalue weighted by Crippen LogP contribution is -2.64. The topological polar surface area (TPSA) is 101 Å². The van der Waals surface area contributed by atoms with Crippen molar-refractivity contribution >= 4 is 23.5 Å². The molecule has 7 nitrogen and oxygen atoms in total. The van der Waals surface area contributed by atoms with E-state index in [2.05, 4.69) is 15.3 Å². The van der Waals surface area contributed by atoms with Gasteiger partial charge in [-0.3, -0.25) is 14.9 Å². The van der Waals surface area contributed by atoms with Gasteiger partial charge in [-0.15, -0.1) is 0 Å². The van der Waals surface area contributed by atoms with Crippen molar-refractivity contribution in [3.8, 4) is 0 Å². The number of carbonyl (C=O) groups excluding carboxylic acids is 2. The van der Waals surface area contributed by atoms with Crippen LogP contribution in [0.25, 0.3) is 0 Å². The fourth-order valence-corrected chi connectivity index (χ4v) is 2.11. The number of nitrogen functional groups attached to an aromatic ring is 1. The molecule has 1 aliphatic rings. The molecule has 108 valence electrons. The minimum atomic E-state index is -0.871. The molecule has 1 aromatic heterocycles. The van der Waals surface area contributed by atoms with Crippen LogP contribution in [0.2, 0.25) is 0 Å². The molecule has 2 amide bonds. The van der Waals surface area contributed by atoms with Crippen LogP contribution in [-0.2, 0) is 16.0 Å². The fourth-order valence-electron chi connectivity index (χ4n) is 2.11. The number of nitrogens with one attached hydrogen (secondary N) is 1. The van der Waals surface area contributed by atoms with Crippen molar-refractivity contribution in [3.05, 3.63) is 11.4 Å². The molecule has 0 saturated carbocycles. The highest BCUT2D eigenvalue weighted by Gasteiger charge is 2.42. The van der Waals surface area contributed by atoms with Gasteiger partial charge in [-0.05, 0) is 20.8 Å². The van der Waals surface area contributed by atoms with E-state index in [1.165, 1.54) is 0 Å². The van der Waals surface area contributed by atoms with Crippen LogP contribution in [0.1, 0.15) is 32.2 Å². The summed E-state index contributed by atoms with van der Waals surface area (Å²) in [5.41, 5.74) is 5.71. The largest absolute Gasteiger partial charge is 0.383 e. The average Bonchev–Trinajstić information content (AvgIpc) is 2.37. The van der Waals surface area contributed by atoms with Crippen LogP contribution in [0, 0.1) is 6.92 Å². The Morgan fingerprint density at radius 1 is 1.35 bits per heavy atom. The summed E-state index contributed by atoms with van der Waals surface area (Å²) in [5.74, 6) is 0.827. The van der Waals surface area contributed by atoms with Crippen molar-refractivity contribution in [2.24, 2.45) is 0 Å². The van der Waals surface area contributed by atoms with Crippen LogP contribution >= 0.6 is 0 Å². The van der Waals surface area contributed by atoms with Gasteiger partial charge in [-0.1, -0.05) is 6.92 Å². The third-order valence-corrected chi connectivity index (χ3v) is 3.56. The van der Waals surface area contributed by atoms with Crippen molar-refractivity contribution in [1.82, 2.24) is 15.3 Å². The van der Waals surface area contributed by atoms with Crippen LogP contribution in [0.5, 0.6) is 0 Å². The summed E-state index contributed by atoms with van der Waals surface area (Å²) in [6, 6.07) is 0. The third-order valence-electron chi connectivity index (χ3n) is 3.56. The van der Waals surface area contributed by atoms with E-state index >= 15 is 0 Å². The van der Waals surface area contributed by atoms with Gasteiger partial charge >= 0.3 is 0 Å². The molecular formula is C13H19N5O2. The van der Waals surface area contributed by atoms with E-state index in [-0.39, 0.29) is 18.4 Å². The number of imide groups is 1. The smallest absolute Gasteiger partial charge is 0.251 e. The number of nitrogens with zero attached hydrogens (tertiary/aromatic N) is 3. The number of hydrogen-bond donors (Lipinski definition) is 2. The van der Waals surface area contributed by atoms with E-state index in [9.17, 15) is 9.59 Å². The van der Waals surface area contributed by atoms with Gasteiger partial charge in [0.15, 0.2) is 0 Å². The number of piperazine rings is 1. The molecule has 0 aliphatic carbocycles. The lowest BCUT2D eigenvalue weighted by molar-refractivity contribution is -0.135. The molecule has 2 heterocycles. The number of aromatic nitrogens is 2. The molecule has 1 aliphatic heterocycles. The first-order chi connectivity index (χ1) is 9.27. The molecule has 0 unspecified atom stereocenters. The number of anilines is 2. The second-order valence-corrected chi connectivity index (χ2v) is 5.35. The maximum Gasteiger partial charge on any atom is 0.251 e. The Labute approximate surface area is 117 Å². The van der Waals surface area contributed by atoms with Gasteiger partial charge in [0.1, 0.15) is 23.0 Å². The maximum atomic E-state index is 12.0. The summed E-state index contributed by atoms with van der Waals surface area (Å²) in [6.07, 6.45) is 0.631. The Bertz CT molecular complexity index is 582. The van der Waals surface area contributed by atoms with Gasteiger partial charge in [0, 0.05) is 12.0 Å². The van der Waals surface area contributed by atoms with Crippen molar-refractivity contribution in [3.63, 3.8) is 0 Å².